The van der Waals surface area contributed by atoms with Crippen LogP contribution in [0.4, 0.5) is 22.7 Å². The summed E-state index contributed by atoms with van der Waals surface area (Å²) in [5, 5.41) is 39.7. The Morgan fingerprint density at radius 1 is 0.704 bits per heavy atom. The SMILES string of the molecule is CC(C)(CCC(=O)NCC(=O)Nc1ccc(/N=N/c2ccc(NC(=O)CCC[C@@H](C[C@H](N)C(=O)O)C(=O)O)cc2)cc1)OCCC(C)(C)N1C=C(CCC(=O)NCCOCCOCCCCCCCl)NN1. The first-order valence-corrected chi connectivity index (χ1v) is 24.7. The molecular formula is C49H75ClN10O11. The molecule has 0 aromatic heterocycles. The number of allylic oxidation sites excluding steroid dienone is 1. The van der Waals surface area contributed by atoms with Crippen molar-refractivity contribution in [2.24, 2.45) is 21.9 Å². The van der Waals surface area contributed by atoms with Crippen LogP contribution in [-0.2, 0) is 43.0 Å². The van der Waals surface area contributed by atoms with E-state index in [-0.39, 0.29) is 61.9 Å². The average molecular weight is 1020 g/mol. The number of nitrogens with one attached hydrogen (secondary N) is 6. The van der Waals surface area contributed by atoms with Crippen molar-refractivity contribution >= 4 is 69.9 Å². The smallest absolute Gasteiger partial charge is 0.320 e. The Hall–Kier alpha value is -5.71. The molecule has 1 heterocycles. The molecule has 21 nitrogen and oxygen atoms in total. The zero-order chi connectivity index (χ0) is 52.1. The third-order valence-electron chi connectivity index (χ3n) is 11.4. The van der Waals surface area contributed by atoms with Gasteiger partial charge in [-0.05, 0) is 128 Å². The molecule has 0 radical (unpaired) electrons. The van der Waals surface area contributed by atoms with Crippen LogP contribution in [-0.4, -0.2) is 120 Å². The van der Waals surface area contributed by atoms with Crippen LogP contribution in [0.25, 0.3) is 0 Å². The van der Waals surface area contributed by atoms with Crippen molar-refractivity contribution < 1.29 is 53.2 Å². The fraction of sp³-hybridized carbons (Fsp3) is 0.592. The Bertz CT molecular complexity index is 2040. The minimum atomic E-state index is -1.29. The van der Waals surface area contributed by atoms with E-state index in [2.05, 4.69) is 56.3 Å². The molecule has 1 aliphatic heterocycles. The fourth-order valence-electron chi connectivity index (χ4n) is 6.86. The molecule has 0 bridgehead atoms. The quantitative estimate of drug-likeness (QED) is 0.0201. The second-order valence-electron chi connectivity index (χ2n) is 18.4. The number of hydrogen-bond acceptors (Lipinski definition) is 15. The fourth-order valence-corrected chi connectivity index (χ4v) is 7.04. The van der Waals surface area contributed by atoms with Gasteiger partial charge in [0.25, 0.3) is 0 Å². The van der Waals surface area contributed by atoms with Gasteiger partial charge >= 0.3 is 11.9 Å². The van der Waals surface area contributed by atoms with Crippen molar-refractivity contribution in [1.29, 1.82) is 0 Å². The molecule has 10 N–H and O–H groups in total. The summed E-state index contributed by atoms with van der Waals surface area (Å²) >= 11 is 5.69. The van der Waals surface area contributed by atoms with Crippen LogP contribution >= 0.6 is 11.6 Å². The second-order valence-corrected chi connectivity index (χ2v) is 18.8. The third kappa shape index (κ3) is 25.8. The van der Waals surface area contributed by atoms with E-state index in [9.17, 15) is 33.9 Å². The van der Waals surface area contributed by atoms with Crippen LogP contribution in [0.2, 0.25) is 0 Å². The number of carbonyl (C=O) groups is 6. The number of halogens is 1. The first-order chi connectivity index (χ1) is 33.9. The number of azo groups is 1. The van der Waals surface area contributed by atoms with Gasteiger partial charge in [0.2, 0.25) is 23.6 Å². The molecule has 22 heteroatoms. The van der Waals surface area contributed by atoms with E-state index in [1.54, 1.807) is 48.5 Å². The number of hydrogen-bond donors (Lipinski definition) is 9. The van der Waals surface area contributed by atoms with Crippen molar-refractivity contribution in [2.75, 3.05) is 62.6 Å². The topological polar surface area (TPSA) is 297 Å². The monoisotopic (exact) mass is 1010 g/mol. The van der Waals surface area contributed by atoms with Gasteiger partial charge in [-0.15, -0.1) is 17.1 Å². The van der Waals surface area contributed by atoms with Crippen molar-refractivity contribution in [3.8, 4) is 0 Å². The summed E-state index contributed by atoms with van der Waals surface area (Å²) in [6.07, 6.45) is 8.60. The zero-order valence-corrected chi connectivity index (χ0v) is 42.3. The maximum Gasteiger partial charge on any atom is 0.320 e. The Morgan fingerprint density at radius 3 is 1.93 bits per heavy atom. The number of carbonyl (C=O) groups excluding carboxylic acids is 4. The average Bonchev–Trinajstić information content (AvgIpc) is 3.82. The van der Waals surface area contributed by atoms with Crippen LogP contribution < -0.4 is 38.0 Å². The largest absolute Gasteiger partial charge is 0.481 e. The Kier molecular flexibility index (Phi) is 27.1. The molecule has 0 saturated carbocycles. The molecule has 2 aromatic carbocycles. The van der Waals surface area contributed by atoms with Gasteiger partial charge in [0.1, 0.15) is 6.04 Å². The van der Waals surface area contributed by atoms with Gasteiger partial charge < -0.3 is 56.9 Å². The summed E-state index contributed by atoms with van der Waals surface area (Å²) in [6.45, 7) is 10.9. The predicted octanol–water partition coefficient (Wildman–Crippen LogP) is 6.41. The lowest BCUT2D eigenvalue weighted by atomic mass is 9.94. The number of alkyl halides is 1. The summed E-state index contributed by atoms with van der Waals surface area (Å²) in [4.78, 5) is 72.4. The van der Waals surface area contributed by atoms with E-state index in [1.165, 1.54) is 0 Å². The normalized spacial score (nSPS) is 13.5. The minimum Gasteiger partial charge on any atom is -0.481 e. The van der Waals surface area contributed by atoms with Gasteiger partial charge in [-0.25, -0.2) is 0 Å². The number of anilines is 2. The molecule has 0 unspecified atom stereocenters. The van der Waals surface area contributed by atoms with E-state index in [0.717, 1.165) is 38.0 Å². The maximum atomic E-state index is 12.7. The highest BCUT2D eigenvalue weighted by Gasteiger charge is 2.30. The predicted molar refractivity (Wildman–Crippen MR) is 270 cm³/mol. The van der Waals surface area contributed by atoms with Crippen molar-refractivity contribution in [2.45, 2.75) is 128 Å². The Morgan fingerprint density at radius 2 is 1.31 bits per heavy atom. The van der Waals surface area contributed by atoms with Crippen molar-refractivity contribution in [3.63, 3.8) is 0 Å². The molecule has 394 valence electrons. The summed E-state index contributed by atoms with van der Waals surface area (Å²) in [5.41, 5.74) is 13.8. The molecule has 0 aliphatic carbocycles. The number of rotatable bonds is 37. The number of benzene rings is 2. The summed E-state index contributed by atoms with van der Waals surface area (Å²) in [5.74, 6) is -3.74. The molecular weight excluding hydrogens is 940 g/mol. The van der Waals surface area contributed by atoms with Gasteiger partial charge in [-0.3, -0.25) is 33.8 Å². The minimum absolute atomic E-state index is 0.0463. The van der Waals surface area contributed by atoms with Gasteiger partial charge in [-0.1, -0.05) is 12.8 Å². The molecule has 4 amide bonds. The van der Waals surface area contributed by atoms with Crippen LogP contribution in [0.1, 0.15) is 111 Å². The van der Waals surface area contributed by atoms with E-state index in [4.69, 9.17) is 36.7 Å². The van der Waals surface area contributed by atoms with Crippen molar-refractivity contribution in [1.82, 2.24) is 26.6 Å². The number of hydrazine groups is 2. The number of ether oxygens (including phenoxy) is 3. The number of aliphatic carboxylic acids is 2. The first-order valence-electron chi connectivity index (χ1n) is 24.2. The maximum absolute atomic E-state index is 12.7. The van der Waals surface area contributed by atoms with Crippen molar-refractivity contribution in [3.05, 3.63) is 60.4 Å². The van der Waals surface area contributed by atoms with Crippen LogP contribution in [0, 0.1) is 5.92 Å². The lowest BCUT2D eigenvalue weighted by molar-refractivity contribution is -0.144. The van der Waals surface area contributed by atoms with E-state index < -0.39 is 35.4 Å². The lowest BCUT2D eigenvalue weighted by Crippen LogP contribution is -2.50. The zero-order valence-electron chi connectivity index (χ0n) is 41.6. The molecule has 0 fully saturated rings. The van der Waals surface area contributed by atoms with E-state index in [1.807, 2.05) is 25.1 Å². The molecule has 71 heavy (non-hydrogen) atoms. The Labute approximate surface area is 421 Å². The first kappa shape index (κ1) is 59.6. The number of nitrogens with zero attached hydrogens (tertiary/aromatic N) is 3. The standard InChI is InChI=1S/C49H75ClN10O11/c1-48(2,60-34-40(58-59-60)20-21-42(61)52-26-29-70-31-30-69-27-8-6-5-7-25-50)24-28-71-49(3,4)23-22-43(62)53-33-45(64)55-37-14-18-39(19-15-37)57-56-38-16-12-36(13-17-38)54-44(63)11-9-10-35(46(65)66)32-41(51)47(67)68/h12-19,34-35,41,58-59H,5-11,20-33,51H2,1-4H3,(H,52,61)(H,53,62)(H,54,63)(H,55,64)(H,65,66)(H,67,68)/b57-56+/t35-,41-/m0/s1. The summed E-state index contributed by atoms with van der Waals surface area (Å²) in [7, 11) is 0. The number of carboxylic acid groups (broad SMARTS) is 2. The van der Waals surface area contributed by atoms with E-state index in [0.29, 0.717) is 87.3 Å². The number of amides is 4. The molecule has 3 rings (SSSR count). The molecule has 0 spiro atoms. The number of unbranched alkanes of at least 4 members (excludes halogenated alkanes) is 3. The van der Waals surface area contributed by atoms with E-state index >= 15 is 0 Å². The van der Waals surface area contributed by atoms with Crippen LogP contribution in [0.3, 0.4) is 0 Å². The van der Waals surface area contributed by atoms with Crippen LogP contribution in [0.15, 0.2) is 70.7 Å². The molecule has 2 aromatic rings. The third-order valence-corrected chi connectivity index (χ3v) is 11.6. The molecule has 1 aliphatic rings. The Balaban J connectivity index is 1.26. The molecule has 2 atom stereocenters. The highest BCUT2D eigenvalue weighted by Crippen LogP contribution is 2.25. The van der Waals surface area contributed by atoms with Gasteiger partial charge in [0, 0.05) is 68.2 Å². The number of nitrogens with two attached hydrogens (primary N) is 1. The van der Waals surface area contributed by atoms with Gasteiger partial charge in [0.05, 0.1) is 54.8 Å². The summed E-state index contributed by atoms with van der Waals surface area (Å²) < 4.78 is 17.3. The lowest BCUT2D eigenvalue weighted by Gasteiger charge is -2.36. The van der Waals surface area contributed by atoms with Gasteiger partial charge in [-0.2, -0.15) is 10.2 Å². The highest BCUT2D eigenvalue weighted by molar-refractivity contribution is 6.17. The number of carboxylic acids is 2. The van der Waals surface area contributed by atoms with Crippen LogP contribution in [0.5, 0.6) is 0 Å². The highest BCUT2D eigenvalue weighted by atomic mass is 35.5. The molecule has 0 saturated heterocycles. The summed E-state index contributed by atoms with van der Waals surface area (Å²) in [6, 6.07) is 12.0. The second kappa shape index (κ2) is 32.3. The van der Waals surface area contributed by atoms with Gasteiger partial charge in [0.15, 0.2) is 0 Å².